The number of hydrogen-bond donors (Lipinski definition) is 1. The monoisotopic (exact) mass is 325 g/mol. The van der Waals surface area contributed by atoms with Crippen LogP contribution in [0.3, 0.4) is 0 Å². The highest BCUT2D eigenvalue weighted by Crippen LogP contribution is 2.26. The summed E-state index contributed by atoms with van der Waals surface area (Å²) in [6.07, 6.45) is 2.90. The van der Waals surface area contributed by atoms with Crippen molar-refractivity contribution < 1.29 is 25.1 Å². The molecule has 1 fully saturated rings. The van der Waals surface area contributed by atoms with Gasteiger partial charge < -0.3 is 0 Å². The van der Waals surface area contributed by atoms with Crippen molar-refractivity contribution in [3.63, 3.8) is 0 Å². The maximum absolute atomic E-state index is 13.2. The molecular weight excluding hydrogens is 312 g/mol. The Balaban J connectivity index is 2.27. The first-order valence-electron chi connectivity index (χ1n) is 5.94. The van der Waals surface area contributed by atoms with E-state index in [9.17, 15) is 25.1 Å². The van der Waals surface area contributed by atoms with Gasteiger partial charge in [0.05, 0.1) is 4.90 Å². The molecule has 0 atom stereocenters. The van der Waals surface area contributed by atoms with Gasteiger partial charge in [0.2, 0.25) is 10.0 Å². The highest BCUT2D eigenvalue weighted by Gasteiger charge is 2.25. The molecule has 0 saturated heterocycles. The van der Waals surface area contributed by atoms with Crippen molar-refractivity contribution in [3.05, 3.63) is 24.0 Å². The third-order valence-corrected chi connectivity index (χ3v) is 5.52. The Kier molecular flexibility index (Phi) is 4.12. The molecule has 0 amide bonds. The zero-order chi connectivity index (χ0) is 15.0. The van der Waals surface area contributed by atoms with E-state index in [0.29, 0.717) is 12.1 Å². The Labute approximate surface area is 116 Å². The summed E-state index contributed by atoms with van der Waals surface area (Å²) in [6.45, 7) is 0.234. The fraction of sp³-hybridized carbons (Fsp3) is 0.455. The van der Waals surface area contributed by atoms with E-state index < -0.39 is 35.9 Å². The van der Waals surface area contributed by atoms with Gasteiger partial charge in [-0.15, -0.1) is 3.89 Å². The van der Waals surface area contributed by atoms with Gasteiger partial charge in [0, 0.05) is 6.54 Å². The first-order valence-corrected chi connectivity index (χ1v) is 8.81. The molecule has 0 radical (unpaired) electrons. The van der Waals surface area contributed by atoms with Gasteiger partial charge in [-0.1, -0.05) is 6.42 Å². The van der Waals surface area contributed by atoms with Gasteiger partial charge in [0.1, 0.15) is 10.7 Å². The maximum atomic E-state index is 13.2. The summed E-state index contributed by atoms with van der Waals surface area (Å²) in [5, 5.41) is 0. The summed E-state index contributed by atoms with van der Waals surface area (Å²) < 4.78 is 73.6. The Hall–Kier alpha value is -1.06. The Morgan fingerprint density at radius 1 is 1.20 bits per heavy atom. The SMILES string of the molecule is O=S(=O)(F)c1cc(S(=O)(=O)NCC2CCC2)ccc1F. The maximum Gasteiger partial charge on any atom is 0.335 e. The van der Waals surface area contributed by atoms with Crippen LogP contribution in [0.25, 0.3) is 0 Å². The lowest BCUT2D eigenvalue weighted by Crippen LogP contribution is -2.32. The lowest BCUT2D eigenvalue weighted by atomic mass is 9.86. The van der Waals surface area contributed by atoms with Crippen molar-refractivity contribution in [3.8, 4) is 0 Å². The Morgan fingerprint density at radius 2 is 1.85 bits per heavy atom. The van der Waals surface area contributed by atoms with Gasteiger partial charge in [0.25, 0.3) is 0 Å². The lowest BCUT2D eigenvalue weighted by Gasteiger charge is -2.25. The standard InChI is InChI=1S/C11H13F2NO4S2/c12-10-5-4-9(6-11(10)19(13,15)16)20(17,18)14-7-8-2-1-3-8/h4-6,8,14H,1-3,7H2. The third-order valence-electron chi connectivity index (χ3n) is 3.26. The summed E-state index contributed by atoms with van der Waals surface area (Å²) in [7, 11) is -9.29. The van der Waals surface area contributed by atoms with Crippen LogP contribution in [0.1, 0.15) is 19.3 Å². The van der Waals surface area contributed by atoms with E-state index in [-0.39, 0.29) is 12.5 Å². The van der Waals surface area contributed by atoms with Crippen molar-refractivity contribution in [2.75, 3.05) is 6.54 Å². The zero-order valence-corrected chi connectivity index (χ0v) is 12.0. The summed E-state index contributed by atoms with van der Waals surface area (Å²) in [5.41, 5.74) is 0. The van der Waals surface area contributed by atoms with Crippen LogP contribution in [-0.2, 0) is 20.2 Å². The minimum atomic E-state index is -5.31. The van der Waals surface area contributed by atoms with Crippen LogP contribution in [0.2, 0.25) is 0 Å². The normalized spacial score (nSPS) is 16.9. The Morgan fingerprint density at radius 3 is 2.35 bits per heavy atom. The molecule has 5 nitrogen and oxygen atoms in total. The van der Waals surface area contributed by atoms with E-state index in [4.69, 9.17) is 0 Å². The molecule has 20 heavy (non-hydrogen) atoms. The predicted octanol–water partition coefficient (Wildman–Crippen LogP) is 1.56. The first kappa shape index (κ1) is 15.3. The van der Waals surface area contributed by atoms with Gasteiger partial charge in [-0.05, 0) is 37.0 Å². The molecule has 1 aliphatic rings. The highest BCUT2D eigenvalue weighted by molar-refractivity contribution is 7.89. The molecule has 0 bridgehead atoms. The van der Waals surface area contributed by atoms with Crippen LogP contribution in [0.15, 0.2) is 28.0 Å². The average Bonchev–Trinajstić information content (AvgIpc) is 2.25. The second-order valence-electron chi connectivity index (χ2n) is 4.68. The van der Waals surface area contributed by atoms with E-state index >= 15 is 0 Å². The van der Waals surface area contributed by atoms with Gasteiger partial charge >= 0.3 is 10.2 Å². The smallest absolute Gasteiger partial charge is 0.211 e. The van der Waals surface area contributed by atoms with Crippen LogP contribution < -0.4 is 4.72 Å². The second-order valence-corrected chi connectivity index (χ2v) is 7.76. The van der Waals surface area contributed by atoms with Crippen molar-refractivity contribution in [2.24, 2.45) is 5.92 Å². The summed E-state index contributed by atoms with van der Waals surface area (Å²) in [6, 6.07) is 1.99. The molecule has 0 aromatic heterocycles. The van der Waals surface area contributed by atoms with Crippen LogP contribution in [0.4, 0.5) is 8.28 Å². The largest absolute Gasteiger partial charge is 0.335 e. The zero-order valence-electron chi connectivity index (χ0n) is 10.3. The van der Waals surface area contributed by atoms with E-state index in [0.717, 1.165) is 25.3 Å². The fourth-order valence-electron chi connectivity index (χ4n) is 1.85. The lowest BCUT2D eigenvalue weighted by molar-refractivity contribution is 0.316. The van der Waals surface area contributed by atoms with E-state index in [2.05, 4.69) is 4.72 Å². The molecule has 0 spiro atoms. The van der Waals surface area contributed by atoms with Gasteiger partial charge in [0.15, 0.2) is 0 Å². The van der Waals surface area contributed by atoms with Crippen molar-refractivity contribution in [2.45, 2.75) is 29.1 Å². The molecule has 112 valence electrons. The van der Waals surface area contributed by atoms with Crippen molar-refractivity contribution >= 4 is 20.2 Å². The number of nitrogens with one attached hydrogen (secondary N) is 1. The second kappa shape index (κ2) is 5.38. The van der Waals surface area contributed by atoms with Crippen molar-refractivity contribution in [1.29, 1.82) is 0 Å². The third kappa shape index (κ3) is 3.33. The van der Waals surface area contributed by atoms with Gasteiger partial charge in [-0.25, -0.2) is 17.5 Å². The molecular formula is C11H13F2NO4S2. The van der Waals surface area contributed by atoms with E-state index in [1.807, 2.05) is 0 Å². The fourth-order valence-corrected chi connectivity index (χ4v) is 3.63. The predicted molar refractivity (Wildman–Crippen MR) is 67.2 cm³/mol. The number of sulfonamides is 1. The number of benzene rings is 1. The molecule has 0 aliphatic heterocycles. The summed E-state index contributed by atoms with van der Waals surface area (Å²) in [4.78, 5) is -1.75. The minimum absolute atomic E-state index is 0.234. The summed E-state index contributed by atoms with van der Waals surface area (Å²) in [5.74, 6) is -1.07. The molecule has 1 aromatic carbocycles. The van der Waals surface area contributed by atoms with Crippen molar-refractivity contribution in [1.82, 2.24) is 4.72 Å². The molecule has 9 heteroatoms. The van der Waals surface area contributed by atoms with Crippen LogP contribution in [0.5, 0.6) is 0 Å². The molecule has 0 heterocycles. The van der Waals surface area contributed by atoms with E-state index in [1.165, 1.54) is 0 Å². The van der Waals surface area contributed by atoms with Crippen LogP contribution >= 0.6 is 0 Å². The van der Waals surface area contributed by atoms with Crippen LogP contribution in [-0.4, -0.2) is 23.4 Å². The number of hydrogen-bond acceptors (Lipinski definition) is 4. The highest BCUT2D eigenvalue weighted by atomic mass is 32.3. The topological polar surface area (TPSA) is 80.3 Å². The molecule has 1 N–H and O–H groups in total. The van der Waals surface area contributed by atoms with Gasteiger partial charge in [-0.2, -0.15) is 8.42 Å². The van der Waals surface area contributed by atoms with Crippen LogP contribution in [0, 0.1) is 11.7 Å². The quantitative estimate of drug-likeness (QED) is 0.833. The molecule has 1 saturated carbocycles. The summed E-state index contributed by atoms with van der Waals surface area (Å²) >= 11 is 0. The minimum Gasteiger partial charge on any atom is -0.211 e. The Bertz CT molecular complexity index is 712. The molecule has 1 aromatic rings. The average molecular weight is 325 g/mol. The molecule has 2 rings (SSSR count). The number of rotatable bonds is 5. The van der Waals surface area contributed by atoms with E-state index in [1.54, 1.807) is 0 Å². The molecule has 0 unspecified atom stereocenters. The molecule has 1 aliphatic carbocycles. The van der Waals surface area contributed by atoms with Gasteiger partial charge in [-0.3, -0.25) is 0 Å². The first-order chi connectivity index (χ1) is 9.20. The number of halogens is 2.